The zero-order valence-corrected chi connectivity index (χ0v) is 12.4. The van der Waals surface area contributed by atoms with Gasteiger partial charge in [-0.1, -0.05) is 18.2 Å². The van der Waals surface area contributed by atoms with Crippen LogP contribution in [0.3, 0.4) is 0 Å². The van der Waals surface area contributed by atoms with E-state index < -0.39 is 5.97 Å². The summed E-state index contributed by atoms with van der Waals surface area (Å²) >= 11 is 0. The van der Waals surface area contributed by atoms with Gasteiger partial charge in [0, 0.05) is 11.3 Å². The van der Waals surface area contributed by atoms with Gasteiger partial charge in [0.1, 0.15) is 5.75 Å². The SMILES string of the molecule is COc1ccccc1C(C)Nc1ccc(C(=O)O)cc1C. The molecule has 0 aromatic heterocycles. The van der Waals surface area contributed by atoms with Gasteiger partial charge in [-0.2, -0.15) is 0 Å². The second-order valence-electron chi connectivity index (χ2n) is 4.94. The number of methoxy groups -OCH3 is 1. The number of aromatic carboxylic acids is 1. The quantitative estimate of drug-likeness (QED) is 0.875. The maximum atomic E-state index is 11.0. The van der Waals surface area contributed by atoms with Crippen LogP contribution in [0, 0.1) is 6.92 Å². The van der Waals surface area contributed by atoms with Crippen molar-refractivity contribution in [2.75, 3.05) is 12.4 Å². The molecule has 0 aliphatic carbocycles. The van der Waals surface area contributed by atoms with Crippen molar-refractivity contribution in [2.24, 2.45) is 0 Å². The normalized spacial score (nSPS) is 11.8. The third-order valence-corrected chi connectivity index (χ3v) is 3.45. The molecule has 0 bridgehead atoms. The monoisotopic (exact) mass is 285 g/mol. The summed E-state index contributed by atoms with van der Waals surface area (Å²) in [5.41, 5.74) is 3.17. The summed E-state index contributed by atoms with van der Waals surface area (Å²) < 4.78 is 5.37. The highest BCUT2D eigenvalue weighted by Gasteiger charge is 2.12. The van der Waals surface area contributed by atoms with Gasteiger partial charge < -0.3 is 15.2 Å². The molecular weight excluding hydrogens is 266 g/mol. The predicted octanol–water partition coefficient (Wildman–Crippen LogP) is 3.87. The Morgan fingerprint density at radius 1 is 1.24 bits per heavy atom. The van der Waals surface area contributed by atoms with Crippen molar-refractivity contribution in [3.05, 3.63) is 59.2 Å². The average molecular weight is 285 g/mol. The first-order valence-electron chi connectivity index (χ1n) is 6.76. The van der Waals surface area contributed by atoms with Crippen molar-refractivity contribution in [3.8, 4) is 5.75 Å². The highest BCUT2D eigenvalue weighted by molar-refractivity contribution is 5.88. The van der Waals surface area contributed by atoms with Crippen molar-refractivity contribution in [2.45, 2.75) is 19.9 Å². The van der Waals surface area contributed by atoms with Crippen LogP contribution in [-0.2, 0) is 0 Å². The Bertz CT molecular complexity index is 652. The number of carboxylic acids is 1. The minimum absolute atomic E-state index is 0.0514. The summed E-state index contributed by atoms with van der Waals surface area (Å²) in [6.45, 7) is 3.94. The summed E-state index contributed by atoms with van der Waals surface area (Å²) in [5.74, 6) is -0.0836. The second kappa shape index (κ2) is 6.31. The molecule has 0 saturated carbocycles. The van der Waals surface area contributed by atoms with E-state index in [1.807, 2.05) is 38.1 Å². The maximum Gasteiger partial charge on any atom is 0.335 e. The number of hydrogen-bond donors (Lipinski definition) is 2. The predicted molar refractivity (Wildman–Crippen MR) is 83.2 cm³/mol. The van der Waals surface area contributed by atoms with E-state index in [0.29, 0.717) is 5.56 Å². The molecule has 0 fully saturated rings. The average Bonchev–Trinajstić information content (AvgIpc) is 2.48. The van der Waals surface area contributed by atoms with Crippen LogP contribution in [0.2, 0.25) is 0 Å². The number of nitrogens with one attached hydrogen (secondary N) is 1. The molecule has 2 N–H and O–H groups in total. The van der Waals surface area contributed by atoms with Crippen LogP contribution in [0.25, 0.3) is 0 Å². The molecule has 4 heteroatoms. The molecule has 0 heterocycles. The van der Waals surface area contributed by atoms with Crippen LogP contribution in [-0.4, -0.2) is 18.2 Å². The van der Waals surface area contributed by atoms with Crippen molar-refractivity contribution in [3.63, 3.8) is 0 Å². The van der Waals surface area contributed by atoms with Crippen molar-refractivity contribution in [1.29, 1.82) is 0 Å². The highest BCUT2D eigenvalue weighted by Crippen LogP contribution is 2.28. The molecule has 0 aliphatic rings. The van der Waals surface area contributed by atoms with Crippen LogP contribution >= 0.6 is 0 Å². The number of ether oxygens (including phenoxy) is 1. The molecule has 2 aromatic rings. The van der Waals surface area contributed by atoms with Gasteiger partial charge in [0.05, 0.1) is 18.7 Å². The number of benzene rings is 2. The van der Waals surface area contributed by atoms with Crippen molar-refractivity contribution >= 4 is 11.7 Å². The number of para-hydroxylation sites is 1. The van der Waals surface area contributed by atoms with E-state index in [-0.39, 0.29) is 6.04 Å². The number of aryl methyl sites for hydroxylation is 1. The lowest BCUT2D eigenvalue weighted by atomic mass is 10.0. The topological polar surface area (TPSA) is 58.6 Å². The lowest BCUT2D eigenvalue weighted by Crippen LogP contribution is -2.09. The third kappa shape index (κ3) is 3.34. The van der Waals surface area contributed by atoms with Gasteiger partial charge in [-0.05, 0) is 43.7 Å². The number of hydrogen-bond acceptors (Lipinski definition) is 3. The van der Waals surface area contributed by atoms with E-state index in [9.17, 15) is 4.79 Å². The Labute approximate surface area is 124 Å². The van der Waals surface area contributed by atoms with E-state index in [1.165, 1.54) is 0 Å². The Morgan fingerprint density at radius 2 is 1.95 bits per heavy atom. The van der Waals surface area contributed by atoms with Crippen molar-refractivity contribution in [1.82, 2.24) is 0 Å². The van der Waals surface area contributed by atoms with E-state index in [2.05, 4.69) is 5.32 Å². The molecule has 0 spiro atoms. The molecule has 0 amide bonds. The Morgan fingerprint density at radius 3 is 2.57 bits per heavy atom. The summed E-state index contributed by atoms with van der Waals surface area (Å²) in [5, 5.41) is 12.4. The zero-order chi connectivity index (χ0) is 15.4. The summed E-state index contributed by atoms with van der Waals surface area (Å²) in [7, 11) is 1.65. The first kappa shape index (κ1) is 14.9. The molecule has 21 heavy (non-hydrogen) atoms. The van der Waals surface area contributed by atoms with Crippen LogP contribution in [0.5, 0.6) is 5.75 Å². The summed E-state index contributed by atoms with van der Waals surface area (Å²) in [6, 6.07) is 13.0. The smallest absolute Gasteiger partial charge is 0.335 e. The fourth-order valence-corrected chi connectivity index (χ4v) is 2.29. The Hall–Kier alpha value is -2.49. The molecule has 1 atom stereocenters. The molecular formula is C17H19NO3. The van der Waals surface area contributed by atoms with Gasteiger partial charge in [0.25, 0.3) is 0 Å². The van der Waals surface area contributed by atoms with E-state index in [4.69, 9.17) is 9.84 Å². The first-order valence-corrected chi connectivity index (χ1v) is 6.76. The van der Waals surface area contributed by atoms with E-state index in [0.717, 1.165) is 22.6 Å². The van der Waals surface area contributed by atoms with Gasteiger partial charge in [0.15, 0.2) is 0 Å². The van der Waals surface area contributed by atoms with Crippen LogP contribution < -0.4 is 10.1 Å². The molecule has 0 radical (unpaired) electrons. The van der Waals surface area contributed by atoms with Gasteiger partial charge in [-0.3, -0.25) is 0 Å². The van der Waals surface area contributed by atoms with Crippen molar-refractivity contribution < 1.29 is 14.6 Å². The molecule has 0 saturated heterocycles. The summed E-state index contributed by atoms with van der Waals surface area (Å²) in [6.07, 6.45) is 0. The zero-order valence-electron chi connectivity index (χ0n) is 12.4. The minimum Gasteiger partial charge on any atom is -0.496 e. The van der Waals surface area contributed by atoms with Gasteiger partial charge in [-0.25, -0.2) is 4.79 Å². The third-order valence-electron chi connectivity index (χ3n) is 3.45. The van der Waals surface area contributed by atoms with Gasteiger partial charge >= 0.3 is 5.97 Å². The molecule has 2 rings (SSSR count). The largest absolute Gasteiger partial charge is 0.496 e. The lowest BCUT2D eigenvalue weighted by molar-refractivity contribution is 0.0697. The first-order chi connectivity index (χ1) is 10.0. The fraction of sp³-hybridized carbons (Fsp3) is 0.235. The van der Waals surface area contributed by atoms with E-state index in [1.54, 1.807) is 25.3 Å². The number of carboxylic acid groups (broad SMARTS) is 1. The Balaban J connectivity index is 2.23. The minimum atomic E-state index is -0.914. The van der Waals surface area contributed by atoms with Gasteiger partial charge in [-0.15, -0.1) is 0 Å². The maximum absolute atomic E-state index is 11.0. The van der Waals surface area contributed by atoms with Crippen LogP contribution in [0.15, 0.2) is 42.5 Å². The lowest BCUT2D eigenvalue weighted by Gasteiger charge is -2.19. The van der Waals surface area contributed by atoms with Crippen LogP contribution in [0.1, 0.15) is 34.5 Å². The Kier molecular flexibility index (Phi) is 4.48. The molecule has 2 aromatic carbocycles. The number of rotatable bonds is 5. The van der Waals surface area contributed by atoms with Gasteiger partial charge in [0.2, 0.25) is 0 Å². The standard InChI is InChI=1S/C17H19NO3/c1-11-10-13(17(19)20)8-9-15(11)18-12(2)14-6-4-5-7-16(14)21-3/h4-10,12,18H,1-3H3,(H,19,20). The molecule has 1 unspecified atom stereocenters. The highest BCUT2D eigenvalue weighted by atomic mass is 16.5. The van der Waals surface area contributed by atoms with Crippen LogP contribution in [0.4, 0.5) is 5.69 Å². The fourth-order valence-electron chi connectivity index (χ4n) is 2.29. The molecule has 4 nitrogen and oxygen atoms in total. The molecule has 0 aliphatic heterocycles. The second-order valence-corrected chi connectivity index (χ2v) is 4.94. The number of carbonyl (C=O) groups is 1. The molecule has 110 valence electrons. The summed E-state index contributed by atoms with van der Waals surface area (Å²) in [4.78, 5) is 11.0. The number of anilines is 1. The van der Waals surface area contributed by atoms with E-state index >= 15 is 0 Å².